The minimum Gasteiger partial charge on any atom is -0.465 e. The number of unbranched alkanes of at least 4 members (excludes halogenated alkanes) is 16. The third-order valence-corrected chi connectivity index (χ3v) is 7.56. The van der Waals surface area contributed by atoms with Gasteiger partial charge in [0.2, 0.25) is 0 Å². The van der Waals surface area contributed by atoms with Crippen LogP contribution in [-0.2, 0) is 9.53 Å². The number of carbonyl (C=O) groups is 1. The average molecular weight is 564 g/mol. The van der Waals surface area contributed by atoms with Crippen molar-refractivity contribution in [3.8, 4) is 0 Å². The number of quaternary nitrogens is 1. The fourth-order valence-electron chi connectivity index (χ4n) is 4.77. The Kier molecular flexibility index (Phi) is 28.5. The van der Waals surface area contributed by atoms with Crippen molar-refractivity contribution in [2.45, 2.75) is 156 Å². The van der Waals surface area contributed by atoms with Crippen molar-refractivity contribution >= 4 is 23.0 Å². The Morgan fingerprint density at radius 1 is 0.629 bits per heavy atom. The minimum absolute atomic E-state index is 0. The van der Waals surface area contributed by atoms with E-state index in [0.717, 1.165) is 17.4 Å². The fourth-order valence-corrected chi connectivity index (χ4v) is 4.77. The number of hydrogen-bond donors (Lipinski definition) is 0. The number of ether oxygens (including phenoxy) is 1. The maximum Gasteiger partial charge on any atom is 0.311 e. The van der Waals surface area contributed by atoms with Crippen LogP contribution in [0.25, 0.3) is 0 Å². The molecule has 0 aromatic carbocycles. The summed E-state index contributed by atoms with van der Waals surface area (Å²) in [6, 6.07) is 0. The first-order chi connectivity index (χ1) is 16.4. The van der Waals surface area contributed by atoms with Crippen LogP contribution in [0, 0.1) is 5.92 Å². The van der Waals surface area contributed by atoms with E-state index in [0.29, 0.717) is 18.9 Å². The maximum atomic E-state index is 12.2. The van der Waals surface area contributed by atoms with Crippen LogP contribution in [0.3, 0.4) is 0 Å². The van der Waals surface area contributed by atoms with Crippen molar-refractivity contribution in [1.82, 2.24) is 0 Å². The molecular weight excluding hydrogens is 498 g/mol. The monoisotopic (exact) mass is 562 g/mol. The number of carbonyl (C=O) groups excluding carboxylic acids is 1. The Hall–Kier alpha value is -0.0900. The van der Waals surface area contributed by atoms with Crippen LogP contribution >= 0.6 is 17.0 Å². The van der Waals surface area contributed by atoms with Gasteiger partial charge in [-0.15, -0.1) is 17.0 Å². The van der Waals surface area contributed by atoms with Gasteiger partial charge in [-0.1, -0.05) is 130 Å². The number of halogens is 1. The van der Waals surface area contributed by atoms with Gasteiger partial charge in [-0.05, 0) is 25.2 Å². The van der Waals surface area contributed by atoms with Crippen molar-refractivity contribution in [2.75, 3.05) is 33.8 Å². The summed E-state index contributed by atoms with van der Waals surface area (Å²) in [7, 11) is 4.52. The highest BCUT2D eigenvalue weighted by Gasteiger charge is 2.18. The Balaban J connectivity index is 0. The first-order valence-corrected chi connectivity index (χ1v) is 15.4. The topological polar surface area (TPSA) is 26.3 Å². The molecular formula is C31H65BrNO2+. The van der Waals surface area contributed by atoms with Crippen molar-refractivity contribution in [3.05, 3.63) is 0 Å². The van der Waals surface area contributed by atoms with Gasteiger partial charge in [0, 0.05) is 0 Å². The summed E-state index contributed by atoms with van der Waals surface area (Å²) in [6.45, 7) is 9.38. The van der Waals surface area contributed by atoms with Gasteiger partial charge in [0.1, 0.15) is 0 Å². The van der Waals surface area contributed by atoms with E-state index >= 15 is 0 Å². The number of nitrogens with zero attached hydrogens (tertiary/aromatic N) is 1. The Morgan fingerprint density at radius 2 is 1.06 bits per heavy atom. The molecule has 4 heteroatoms. The van der Waals surface area contributed by atoms with Gasteiger partial charge >= 0.3 is 5.97 Å². The van der Waals surface area contributed by atoms with E-state index < -0.39 is 0 Å². The first-order valence-electron chi connectivity index (χ1n) is 15.4. The van der Waals surface area contributed by atoms with E-state index in [1.165, 1.54) is 129 Å². The van der Waals surface area contributed by atoms with Gasteiger partial charge in [0.15, 0.2) is 0 Å². The molecule has 3 nitrogen and oxygen atoms in total. The minimum atomic E-state index is -0.00637. The van der Waals surface area contributed by atoms with Crippen LogP contribution in [0.2, 0.25) is 0 Å². The van der Waals surface area contributed by atoms with E-state index in [1.54, 1.807) is 0 Å². The van der Waals surface area contributed by atoms with Crippen molar-refractivity contribution < 1.29 is 14.0 Å². The zero-order valence-corrected chi connectivity index (χ0v) is 26.4. The largest absolute Gasteiger partial charge is 0.465 e. The highest BCUT2D eigenvalue weighted by molar-refractivity contribution is 8.93. The molecule has 1 unspecified atom stereocenters. The summed E-state index contributed by atoms with van der Waals surface area (Å²) in [5, 5.41) is 0. The molecule has 0 saturated heterocycles. The van der Waals surface area contributed by atoms with Gasteiger partial charge in [0.25, 0.3) is 0 Å². The van der Waals surface area contributed by atoms with Crippen LogP contribution in [0.1, 0.15) is 156 Å². The van der Waals surface area contributed by atoms with Crippen LogP contribution < -0.4 is 0 Å². The lowest BCUT2D eigenvalue weighted by Crippen LogP contribution is -2.42. The Labute approximate surface area is 231 Å². The fraction of sp³-hybridized carbons (Fsp3) is 0.968. The molecule has 0 saturated carbocycles. The van der Waals surface area contributed by atoms with Gasteiger partial charge < -0.3 is 9.22 Å². The molecule has 0 spiro atoms. The molecule has 1 atom stereocenters. The molecule has 0 fully saturated rings. The molecule has 0 aromatic rings. The molecule has 0 rings (SSSR count). The molecule has 0 radical (unpaired) electrons. The van der Waals surface area contributed by atoms with E-state index in [4.69, 9.17) is 4.74 Å². The second-order valence-electron chi connectivity index (χ2n) is 11.5. The molecule has 35 heavy (non-hydrogen) atoms. The Morgan fingerprint density at radius 3 is 1.49 bits per heavy atom. The predicted molar refractivity (Wildman–Crippen MR) is 161 cm³/mol. The number of esters is 1. The summed E-state index contributed by atoms with van der Waals surface area (Å²) < 4.78 is 6.50. The Bertz CT molecular complexity index is 442. The van der Waals surface area contributed by atoms with E-state index in [-0.39, 0.29) is 23.0 Å². The molecule has 0 aromatic heterocycles. The smallest absolute Gasteiger partial charge is 0.311 e. The van der Waals surface area contributed by atoms with Crippen LogP contribution in [0.4, 0.5) is 0 Å². The lowest BCUT2D eigenvalue weighted by Gasteiger charge is -2.29. The second-order valence-corrected chi connectivity index (χ2v) is 11.5. The summed E-state index contributed by atoms with van der Waals surface area (Å²) >= 11 is 0. The van der Waals surface area contributed by atoms with Crippen LogP contribution in [0.15, 0.2) is 0 Å². The molecule has 0 amide bonds. The number of rotatable bonds is 26. The summed E-state index contributed by atoms with van der Waals surface area (Å²) in [5.41, 5.74) is 0. The number of hydrogen-bond acceptors (Lipinski definition) is 2. The standard InChI is InChI=1S/C31H64NO2.BrH/c1-6-9-11-12-13-14-15-16-17-18-19-20-21-22-23-24-27-32(4,5)28-26-31(33)34-29-30(8-3)25-10-7-2;/h30H,6-29H2,1-5H3;1H/q+1;. The SMILES string of the molecule is Br.CCCCCCCCCCCCCCCCCC[N+](C)(C)CCC(=O)OCC(CC)CCCC. The molecule has 0 bridgehead atoms. The molecule has 0 aliphatic carbocycles. The normalized spacial score (nSPS) is 12.4. The lowest BCUT2D eigenvalue weighted by atomic mass is 10.0. The quantitative estimate of drug-likeness (QED) is 0.0595. The molecule has 212 valence electrons. The van der Waals surface area contributed by atoms with Crippen molar-refractivity contribution in [1.29, 1.82) is 0 Å². The third-order valence-electron chi connectivity index (χ3n) is 7.56. The first kappa shape index (κ1) is 37.1. The second kappa shape index (κ2) is 27.0. The third kappa shape index (κ3) is 26.8. The molecule has 0 N–H and O–H groups in total. The van der Waals surface area contributed by atoms with E-state index in [9.17, 15) is 4.79 Å². The van der Waals surface area contributed by atoms with Gasteiger partial charge in [-0.2, -0.15) is 0 Å². The van der Waals surface area contributed by atoms with Gasteiger partial charge in [-0.3, -0.25) is 4.79 Å². The predicted octanol–water partition coefficient (Wildman–Crippen LogP) is 10.1. The zero-order chi connectivity index (χ0) is 25.3. The van der Waals surface area contributed by atoms with Gasteiger partial charge in [-0.25, -0.2) is 0 Å². The molecule has 0 aliphatic rings. The van der Waals surface area contributed by atoms with Crippen LogP contribution in [0.5, 0.6) is 0 Å². The van der Waals surface area contributed by atoms with E-state index in [1.807, 2.05) is 0 Å². The summed E-state index contributed by atoms with van der Waals surface area (Å²) in [4.78, 5) is 12.2. The molecule has 0 aliphatic heterocycles. The summed E-state index contributed by atoms with van der Waals surface area (Å²) in [5.74, 6) is 0.532. The highest BCUT2D eigenvalue weighted by Crippen LogP contribution is 2.15. The zero-order valence-electron chi connectivity index (χ0n) is 24.7. The van der Waals surface area contributed by atoms with Crippen LogP contribution in [-0.4, -0.2) is 44.2 Å². The molecule has 0 heterocycles. The lowest BCUT2D eigenvalue weighted by molar-refractivity contribution is -0.890. The highest BCUT2D eigenvalue weighted by atomic mass is 79.9. The van der Waals surface area contributed by atoms with E-state index in [2.05, 4.69) is 34.9 Å². The van der Waals surface area contributed by atoms with Crippen molar-refractivity contribution in [2.24, 2.45) is 5.92 Å². The average Bonchev–Trinajstić information content (AvgIpc) is 2.82. The summed E-state index contributed by atoms with van der Waals surface area (Å²) in [6.07, 6.45) is 27.9. The van der Waals surface area contributed by atoms with Gasteiger partial charge in [0.05, 0.1) is 40.2 Å². The van der Waals surface area contributed by atoms with Crippen molar-refractivity contribution in [3.63, 3.8) is 0 Å². The maximum absolute atomic E-state index is 12.2.